The number of amides is 2. The number of rotatable bonds is 14. The van der Waals surface area contributed by atoms with E-state index in [4.69, 9.17) is 16.3 Å². The van der Waals surface area contributed by atoms with Gasteiger partial charge in [-0.05, 0) is 47.9 Å². The van der Waals surface area contributed by atoms with Gasteiger partial charge in [0.1, 0.15) is 18.3 Å². The Kier molecular flexibility index (Phi) is 11.4. The van der Waals surface area contributed by atoms with Crippen LogP contribution < -0.4 is 14.4 Å². The summed E-state index contributed by atoms with van der Waals surface area (Å²) in [5.41, 5.74) is 1.82. The third-order valence-corrected chi connectivity index (χ3v) is 7.95. The van der Waals surface area contributed by atoms with Crippen molar-refractivity contribution in [3.05, 3.63) is 95.0 Å². The highest BCUT2D eigenvalue weighted by Gasteiger charge is 2.33. The zero-order chi connectivity index (χ0) is 29.1. The predicted molar refractivity (Wildman–Crippen MR) is 159 cm³/mol. The van der Waals surface area contributed by atoms with Gasteiger partial charge in [0.05, 0.1) is 19.1 Å². The number of nitrogens with zero attached hydrogens (tertiary/aromatic N) is 2. The van der Waals surface area contributed by atoms with Crippen LogP contribution in [0.4, 0.5) is 5.69 Å². The molecule has 0 unspecified atom stereocenters. The zero-order valence-corrected chi connectivity index (χ0v) is 24.6. The summed E-state index contributed by atoms with van der Waals surface area (Å²) in [6.07, 6.45) is 2.98. The third kappa shape index (κ3) is 8.72. The molecule has 0 heterocycles. The molecule has 0 aromatic heterocycles. The van der Waals surface area contributed by atoms with Crippen molar-refractivity contribution in [2.45, 2.75) is 38.8 Å². The molecular formula is C30H36ClN3O5S. The summed E-state index contributed by atoms with van der Waals surface area (Å²) in [4.78, 5) is 29.1. The fourth-order valence-corrected chi connectivity index (χ4v) is 5.28. The Morgan fingerprint density at radius 1 is 0.975 bits per heavy atom. The largest absolute Gasteiger partial charge is 0.497 e. The van der Waals surface area contributed by atoms with E-state index in [1.54, 1.807) is 48.5 Å². The van der Waals surface area contributed by atoms with E-state index in [2.05, 4.69) is 5.32 Å². The fraction of sp³-hybridized carbons (Fsp3) is 0.333. The molecule has 0 aliphatic heterocycles. The van der Waals surface area contributed by atoms with Crippen molar-refractivity contribution in [1.29, 1.82) is 0 Å². The van der Waals surface area contributed by atoms with Gasteiger partial charge < -0.3 is 15.0 Å². The summed E-state index contributed by atoms with van der Waals surface area (Å²) < 4.78 is 31.9. The lowest BCUT2D eigenvalue weighted by Crippen LogP contribution is -2.53. The van der Waals surface area contributed by atoms with Gasteiger partial charge in [-0.1, -0.05) is 73.5 Å². The Labute approximate surface area is 241 Å². The van der Waals surface area contributed by atoms with Crippen LogP contribution in [0.25, 0.3) is 0 Å². The average Bonchev–Trinajstić information content (AvgIpc) is 2.94. The van der Waals surface area contributed by atoms with Crippen LogP contribution in [-0.4, -0.2) is 57.6 Å². The molecule has 0 fully saturated rings. The second-order valence-electron chi connectivity index (χ2n) is 9.43. The van der Waals surface area contributed by atoms with Crippen LogP contribution in [0, 0.1) is 0 Å². The number of methoxy groups -OCH3 is 1. The van der Waals surface area contributed by atoms with E-state index in [1.807, 2.05) is 37.3 Å². The molecule has 0 bridgehead atoms. The van der Waals surface area contributed by atoms with Crippen molar-refractivity contribution in [1.82, 2.24) is 10.2 Å². The van der Waals surface area contributed by atoms with E-state index in [0.717, 1.165) is 29.0 Å². The van der Waals surface area contributed by atoms with E-state index < -0.39 is 28.5 Å². The van der Waals surface area contributed by atoms with Crippen LogP contribution in [0.5, 0.6) is 5.75 Å². The first-order valence-electron chi connectivity index (χ1n) is 13.1. The van der Waals surface area contributed by atoms with Gasteiger partial charge in [-0.15, -0.1) is 0 Å². The third-order valence-electron chi connectivity index (χ3n) is 6.44. The number of carbonyl (C=O) groups excluding carboxylic acids is 2. The number of carbonyl (C=O) groups is 2. The predicted octanol–water partition coefficient (Wildman–Crippen LogP) is 4.67. The van der Waals surface area contributed by atoms with Crippen molar-refractivity contribution in [3.63, 3.8) is 0 Å². The maximum Gasteiger partial charge on any atom is 0.244 e. The van der Waals surface area contributed by atoms with E-state index >= 15 is 0 Å². The normalized spacial score (nSPS) is 11.9. The summed E-state index contributed by atoms with van der Waals surface area (Å²) in [6.45, 7) is 2.02. The summed E-state index contributed by atoms with van der Waals surface area (Å²) in [5, 5.41) is 3.40. The average molecular weight is 586 g/mol. The molecule has 3 aromatic carbocycles. The van der Waals surface area contributed by atoms with Gasteiger partial charge in [0, 0.05) is 24.5 Å². The van der Waals surface area contributed by atoms with Gasteiger partial charge >= 0.3 is 0 Å². The molecule has 0 aliphatic carbocycles. The summed E-state index contributed by atoms with van der Waals surface area (Å²) in [5.74, 6) is -0.295. The Hall–Kier alpha value is -3.56. The molecule has 3 rings (SSSR count). The summed E-state index contributed by atoms with van der Waals surface area (Å²) >= 11 is 6.47. The molecule has 8 nitrogen and oxygen atoms in total. The minimum absolute atomic E-state index is 0.0252. The lowest BCUT2D eigenvalue weighted by Gasteiger charge is -2.33. The molecule has 10 heteroatoms. The van der Waals surface area contributed by atoms with Crippen molar-refractivity contribution in [3.8, 4) is 5.75 Å². The van der Waals surface area contributed by atoms with Gasteiger partial charge in [-0.2, -0.15) is 0 Å². The van der Waals surface area contributed by atoms with Crippen LogP contribution in [0.3, 0.4) is 0 Å². The highest BCUT2D eigenvalue weighted by Crippen LogP contribution is 2.24. The molecule has 0 saturated carbocycles. The number of benzene rings is 3. The van der Waals surface area contributed by atoms with Crippen molar-refractivity contribution in [2.75, 3.05) is 30.8 Å². The lowest BCUT2D eigenvalue weighted by atomic mass is 10.0. The molecule has 214 valence electrons. The molecule has 40 heavy (non-hydrogen) atoms. The van der Waals surface area contributed by atoms with E-state index in [9.17, 15) is 18.0 Å². The maximum absolute atomic E-state index is 14.1. The molecule has 0 aliphatic rings. The Morgan fingerprint density at radius 2 is 1.62 bits per heavy atom. The Bertz CT molecular complexity index is 1370. The molecular weight excluding hydrogens is 550 g/mol. The first-order valence-corrected chi connectivity index (χ1v) is 15.3. The second kappa shape index (κ2) is 14.7. The minimum atomic E-state index is -3.85. The van der Waals surface area contributed by atoms with Crippen LogP contribution >= 0.6 is 11.6 Å². The van der Waals surface area contributed by atoms with Crippen molar-refractivity contribution < 1.29 is 22.7 Å². The van der Waals surface area contributed by atoms with Gasteiger partial charge in [-0.25, -0.2) is 8.42 Å². The van der Waals surface area contributed by atoms with Crippen molar-refractivity contribution >= 4 is 39.1 Å². The number of hydrogen-bond donors (Lipinski definition) is 1. The molecule has 0 radical (unpaired) electrons. The Morgan fingerprint density at radius 3 is 2.23 bits per heavy atom. The smallest absolute Gasteiger partial charge is 0.244 e. The summed E-state index contributed by atoms with van der Waals surface area (Å²) in [7, 11) is -2.34. The van der Waals surface area contributed by atoms with E-state index in [0.29, 0.717) is 28.6 Å². The number of halogens is 1. The SMILES string of the molecule is CCCCNC(=O)[C@@H](Cc1ccccc1)N(Cc1ccccc1Cl)C(=O)CN(c1ccc(OC)cc1)S(C)(=O)=O. The van der Waals surface area contributed by atoms with Crippen LogP contribution in [0.15, 0.2) is 78.9 Å². The van der Waals surface area contributed by atoms with Crippen LogP contribution in [0.1, 0.15) is 30.9 Å². The Balaban J connectivity index is 2.03. The monoisotopic (exact) mass is 585 g/mol. The first-order chi connectivity index (χ1) is 19.1. The van der Waals surface area contributed by atoms with Gasteiger partial charge in [0.2, 0.25) is 21.8 Å². The fourth-order valence-electron chi connectivity index (χ4n) is 4.23. The zero-order valence-electron chi connectivity index (χ0n) is 23.0. The number of sulfonamides is 1. The topological polar surface area (TPSA) is 96.0 Å². The van der Waals surface area contributed by atoms with Crippen LogP contribution in [0.2, 0.25) is 5.02 Å². The maximum atomic E-state index is 14.1. The number of unbranched alkanes of at least 4 members (excludes halogenated alkanes) is 1. The minimum Gasteiger partial charge on any atom is -0.497 e. The first kappa shape index (κ1) is 31.0. The van der Waals surface area contributed by atoms with Crippen LogP contribution in [-0.2, 0) is 32.6 Å². The molecule has 1 atom stereocenters. The molecule has 2 amide bonds. The van der Waals surface area contributed by atoms with E-state index in [1.165, 1.54) is 12.0 Å². The number of anilines is 1. The second-order valence-corrected chi connectivity index (χ2v) is 11.7. The standard InChI is InChI=1S/C30H36ClN3O5S/c1-4-5-19-32-30(36)28(20-23-11-7-6-8-12-23)33(21-24-13-9-10-14-27(24)31)29(35)22-34(40(3,37)38)25-15-17-26(39-2)18-16-25/h6-18,28H,4-5,19-22H2,1-3H3,(H,32,36)/t28-/m1/s1. The number of ether oxygens (including phenoxy) is 1. The highest BCUT2D eigenvalue weighted by atomic mass is 35.5. The van der Waals surface area contributed by atoms with Gasteiger partial charge in [0.15, 0.2) is 0 Å². The highest BCUT2D eigenvalue weighted by molar-refractivity contribution is 7.92. The number of nitrogens with one attached hydrogen (secondary N) is 1. The van der Waals surface area contributed by atoms with E-state index in [-0.39, 0.29) is 18.9 Å². The molecule has 0 saturated heterocycles. The lowest BCUT2D eigenvalue weighted by molar-refractivity contribution is -0.140. The molecule has 3 aromatic rings. The molecule has 1 N–H and O–H groups in total. The number of hydrogen-bond acceptors (Lipinski definition) is 5. The van der Waals surface area contributed by atoms with Gasteiger partial charge in [-0.3, -0.25) is 13.9 Å². The summed E-state index contributed by atoms with van der Waals surface area (Å²) in [6, 6.07) is 22.0. The van der Waals surface area contributed by atoms with Crippen molar-refractivity contribution in [2.24, 2.45) is 0 Å². The van der Waals surface area contributed by atoms with Gasteiger partial charge in [0.25, 0.3) is 0 Å². The molecule has 0 spiro atoms. The quantitative estimate of drug-likeness (QED) is 0.277.